The number of fused-ring (bicyclic) bond motifs is 1. The average Bonchev–Trinajstić information content (AvgIpc) is 2.97. The first-order valence-electron chi connectivity index (χ1n) is 8.01. The molecule has 0 aromatic heterocycles. The van der Waals surface area contributed by atoms with Crippen LogP contribution in [0.4, 0.5) is 0 Å². The number of carbonyl (C=O) groups is 2. The minimum Gasteiger partial charge on any atom is -0.394 e. The number of hydrogen-bond donors (Lipinski definition) is 3. The van der Waals surface area contributed by atoms with Crippen molar-refractivity contribution in [3.8, 4) is 0 Å². The van der Waals surface area contributed by atoms with E-state index < -0.39 is 12.1 Å². The fourth-order valence-electron chi connectivity index (χ4n) is 3.37. The zero-order valence-corrected chi connectivity index (χ0v) is 13.5. The number of benzene rings is 1. The summed E-state index contributed by atoms with van der Waals surface area (Å²) < 4.78 is 0. The third kappa shape index (κ3) is 3.09. The van der Waals surface area contributed by atoms with Gasteiger partial charge < -0.3 is 20.6 Å². The summed E-state index contributed by atoms with van der Waals surface area (Å²) in [5.41, 5.74) is 3.68. The molecule has 0 bridgehead atoms. The van der Waals surface area contributed by atoms with Crippen molar-refractivity contribution in [3.05, 3.63) is 34.9 Å². The van der Waals surface area contributed by atoms with Crippen LogP contribution in [0.5, 0.6) is 0 Å². The predicted octanol–water partition coefficient (Wildman–Crippen LogP) is -0.147. The van der Waals surface area contributed by atoms with Crippen LogP contribution >= 0.6 is 0 Å². The third-order valence-corrected chi connectivity index (χ3v) is 4.77. The van der Waals surface area contributed by atoms with Gasteiger partial charge in [0.2, 0.25) is 11.8 Å². The molecule has 2 fully saturated rings. The van der Waals surface area contributed by atoms with Crippen LogP contribution in [-0.2, 0) is 16.1 Å². The molecule has 2 aliphatic heterocycles. The maximum atomic E-state index is 12.2. The van der Waals surface area contributed by atoms with Crippen molar-refractivity contribution in [3.63, 3.8) is 0 Å². The van der Waals surface area contributed by atoms with Gasteiger partial charge in [-0.3, -0.25) is 9.59 Å². The molecule has 2 heterocycles. The Morgan fingerprint density at radius 3 is 2.87 bits per heavy atom. The lowest BCUT2D eigenvalue weighted by molar-refractivity contribution is -0.148. The van der Waals surface area contributed by atoms with Crippen molar-refractivity contribution in [1.29, 1.82) is 0 Å². The summed E-state index contributed by atoms with van der Waals surface area (Å²) in [5.74, 6) is -0.354. The number of aryl methyl sites for hydroxylation is 2. The monoisotopic (exact) mass is 317 g/mol. The standard InChI is InChI=1S/C17H23N3O3/c1-10-3-4-11(2)12(5-10)7-18-13-6-15-16(22)19-14(9-21)17(23)20(15)8-13/h3-5,13-15,18,21H,6-9H2,1-2H3,(H,19,22)/t13-,14-,15-/m0/s1. The Kier molecular flexibility index (Phi) is 4.37. The Bertz CT molecular complexity index is 632. The molecule has 0 unspecified atom stereocenters. The summed E-state index contributed by atoms with van der Waals surface area (Å²) in [4.78, 5) is 25.9. The molecule has 0 aliphatic carbocycles. The SMILES string of the molecule is Cc1ccc(C)c(CN[C@H]2C[C@H]3C(=O)N[C@@H](CO)C(=O)N3C2)c1. The maximum Gasteiger partial charge on any atom is 0.248 e. The Balaban J connectivity index is 1.64. The van der Waals surface area contributed by atoms with Crippen LogP contribution in [0, 0.1) is 13.8 Å². The highest BCUT2D eigenvalue weighted by Gasteiger charge is 2.45. The largest absolute Gasteiger partial charge is 0.394 e. The van der Waals surface area contributed by atoms with Gasteiger partial charge in [0.25, 0.3) is 0 Å². The number of piperazine rings is 1. The van der Waals surface area contributed by atoms with E-state index in [4.69, 9.17) is 0 Å². The van der Waals surface area contributed by atoms with Gasteiger partial charge in [0.1, 0.15) is 12.1 Å². The van der Waals surface area contributed by atoms with Gasteiger partial charge in [0.05, 0.1) is 6.61 Å². The summed E-state index contributed by atoms with van der Waals surface area (Å²) in [6.45, 7) is 5.03. The quantitative estimate of drug-likeness (QED) is 0.721. The second-order valence-electron chi connectivity index (χ2n) is 6.49. The highest BCUT2D eigenvalue weighted by atomic mass is 16.3. The molecule has 1 aromatic rings. The van der Waals surface area contributed by atoms with Crippen molar-refractivity contribution in [1.82, 2.24) is 15.5 Å². The van der Waals surface area contributed by atoms with E-state index in [-0.39, 0.29) is 24.5 Å². The molecule has 0 saturated carbocycles. The first-order chi connectivity index (χ1) is 11.0. The fraction of sp³-hybridized carbons (Fsp3) is 0.529. The summed E-state index contributed by atoms with van der Waals surface area (Å²) in [5, 5.41) is 15.2. The van der Waals surface area contributed by atoms with Crippen LogP contribution in [0.15, 0.2) is 18.2 Å². The Labute approximate surface area is 135 Å². The number of aliphatic hydroxyl groups excluding tert-OH is 1. The summed E-state index contributed by atoms with van der Waals surface area (Å²) in [7, 11) is 0. The fourth-order valence-corrected chi connectivity index (χ4v) is 3.37. The van der Waals surface area contributed by atoms with E-state index in [1.807, 2.05) is 0 Å². The molecule has 6 heteroatoms. The van der Waals surface area contributed by atoms with E-state index >= 15 is 0 Å². The van der Waals surface area contributed by atoms with E-state index in [0.717, 1.165) is 6.54 Å². The van der Waals surface area contributed by atoms with Crippen LogP contribution in [-0.4, -0.2) is 53.1 Å². The number of nitrogens with zero attached hydrogens (tertiary/aromatic N) is 1. The van der Waals surface area contributed by atoms with Gasteiger partial charge in [0.15, 0.2) is 0 Å². The topological polar surface area (TPSA) is 81.7 Å². The first-order valence-corrected chi connectivity index (χ1v) is 8.01. The van der Waals surface area contributed by atoms with Crippen LogP contribution < -0.4 is 10.6 Å². The smallest absolute Gasteiger partial charge is 0.248 e. The third-order valence-electron chi connectivity index (χ3n) is 4.77. The minimum absolute atomic E-state index is 0.0899. The van der Waals surface area contributed by atoms with Crippen molar-refractivity contribution in [2.75, 3.05) is 13.2 Å². The van der Waals surface area contributed by atoms with Gasteiger partial charge >= 0.3 is 0 Å². The molecule has 2 saturated heterocycles. The molecule has 124 valence electrons. The molecular weight excluding hydrogens is 294 g/mol. The van der Waals surface area contributed by atoms with Gasteiger partial charge in [-0.25, -0.2) is 0 Å². The van der Waals surface area contributed by atoms with Gasteiger partial charge in [0, 0.05) is 19.1 Å². The Hall–Kier alpha value is -1.92. The molecule has 0 spiro atoms. The summed E-state index contributed by atoms with van der Waals surface area (Å²) in [6.07, 6.45) is 0.612. The molecule has 3 rings (SSSR count). The molecule has 23 heavy (non-hydrogen) atoms. The van der Waals surface area contributed by atoms with Crippen LogP contribution in [0.25, 0.3) is 0 Å². The normalized spacial score (nSPS) is 27.1. The zero-order valence-electron chi connectivity index (χ0n) is 13.5. The molecule has 0 radical (unpaired) electrons. The van der Waals surface area contributed by atoms with Gasteiger partial charge in [-0.2, -0.15) is 0 Å². The van der Waals surface area contributed by atoms with Gasteiger partial charge in [-0.15, -0.1) is 0 Å². The molecular formula is C17H23N3O3. The van der Waals surface area contributed by atoms with Crippen LogP contribution in [0.1, 0.15) is 23.1 Å². The van der Waals surface area contributed by atoms with Crippen molar-refractivity contribution < 1.29 is 14.7 Å². The Morgan fingerprint density at radius 2 is 2.13 bits per heavy atom. The maximum absolute atomic E-state index is 12.2. The lowest BCUT2D eigenvalue weighted by Crippen LogP contribution is -2.62. The molecule has 6 nitrogen and oxygen atoms in total. The van der Waals surface area contributed by atoms with E-state index in [1.165, 1.54) is 16.7 Å². The second kappa shape index (κ2) is 6.29. The van der Waals surface area contributed by atoms with E-state index in [2.05, 4.69) is 42.7 Å². The highest BCUT2D eigenvalue weighted by molar-refractivity contribution is 5.97. The predicted molar refractivity (Wildman–Crippen MR) is 85.7 cm³/mol. The average molecular weight is 317 g/mol. The van der Waals surface area contributed by atoms with Gasteiger partial charge in [-0.1, -0.05) is 23.8 Å². The highest BCUT2D eigenvalue weighted by Crippen LogP contribution is 2.23. The summed E-state index contributed by atoms with van der Waals surface area (Å²) in [6, 6.07) is 5.23. The second-order valence-corrected chi connectivity index (χ2v) is 6.49. The molecule has 3 atom stereocenters. The number of aliphatic hydroxyl groups is 1. The Morgan fingerprint density at radius 1 is 1.35 bits per heavy atom. The number of nitrogens with one attached hydrogen (secondary N) is 2. The van der Waals surface area contributed by atoms with Crippen LogP contribution in [0.3, 0.4) is 0 Å². The summed E-state index contributed by atoms with van der Waals surface area (Å²) >= 11 is 0. The molecule has 2 amide bonds. The van der Waals surface area contributed by atoms with Crippen molar-refractivity contribution in [2.24, 2.45) is 0 Å². The zero-order chi connectivity index (χ0) is 16.6. The van der Waals surface area contributed by atoms with Crippen molar-refractivity contribution >= 4 is 11.8 Å². The van der Waals surface area contributed by atoms with E-state index in [0.29, 0.717) is 13.0 Å². The van der Waals surface area contributed by atoms with E-state index in [1.54, 1.807) is 4.90 Å². The lowest BCUT2D eigenvalue weighted by atomic mass is 10.0. The molecule has 3 N–H and O–H groups in total. The van der Waals surface area contributed by atoms with Crippen LogP contribution in [0.2, 0.25) is 0 Å². The number of amides is 2. The first kappa shape index (κ1) is 16.0. The van der Waals surface area contributed by atoms with E-state index in [9.17, 15) is 14.7 Å². The lowest BCUT2D eigenvalue weighted by Gasteiger charge is -2.33. The van der Waals surface area contributed by atoms with Crippen molar-refractivity contribution in [2.45, 2.75) is 44.9 Å². The molecule has 1 aromatic carbocycles. The number of rotatable bonds is 4. The van der Waals surface area contributed by atoms with Gasteiger partial charge in [-0.05, 0) is 31.4 Å². The number of hydrogen-bond acceptors (Lipinski definition) is 4. The molecule has 2 aliphatic rings. The number of carbonyl (C=O) groups excluding carboxylic acids is 2. The minimum atomic E-state index is -0.795.